The van der Waals surface area contributed by atoms with Crippen molar-refractivity contribution in [2.75, 3.05) is 18.2 Å². The van der Waals surface area contributed by atoms with E-state index in [0.29, 0.717) is 38.7 Å². The van der Waals surface area contributed by atoms with Crippen molar-refractivity contribution in [3.8, 4) is 0 Å². The highest BCUT2D eigenvalue weighted by Gasteiger charge is 2.33. The summed E-state index contributed by atoms with van der Waals surface area (Å²) in [4.78, 5) is 34.9. The molecule has 5 aromatic rings. The summed E-state index contributed by atoms with van der Waals surface area (Å²) in [6.07, 6.45) is 0. The number of rotatable bonds is 4. The van der Waals surface area contributed by atoms with Gasteiger partial charge in [0, 0.05) is 19.6 Å². The molecule has 0 fully saturated rings. The average molecular weight is 490 g/mol. The van der Waals surface area contributed by atoms with Crippen LogP contribution >= 0.6 is 0 Å². The van der Waals surface area contributed by atoms with E-state index in [1.165, 1.54) is 32.7 Å². The van der Waals surface area contributed by atoms with Crippen LogP contribution in [-0.2, 0) is 26.3 Å². The summed E-state index contributed by atoms with van der Waals surface area (Å²) in [5, 5.41) is 4.86. The number of anilines is 1. The highest BCUT2D eigenvalue weighted by Crippen LogP contribution is 2.29. The van der Waals surface area contributed by atoms with Crippen LogP contribution < -0.4 is 16.1 Å². The largest absolute Gasteiger partial charge is 0.331 e. The molecule has 0 saturated heterocycles. The summed E-state index contributed by atoms with van der Waals surface area (Å²) >= 11 is 0. The molecule has 184 valence electrons. The Morgan fingerprint density at radius 1 is 0.649 bits per heavy atom. The Bertz CT molecular complexity index is 1650. The SMILES string of the molecule is O=c1[nH]c(=O)n2c3c1CN(Cc1ccc4ccccc4c1)CN3CN(Cc1ccc3ccccc3c1)C2. The van der Waals surface area contributed by atoms with Crippen LogP contribution in [0.15, 0.2) is 94.5 Å². The third kappa shape index (κ3) is 4.02. The minimum atomic E-state index is -0.347. The Labute approximate surface area is 213 Å². The average Bonchev–Trinajstić information content (AvgIpc) is 2.91. The Hall–Kier alpha value is -4.20. The van der Waals surface area contributed by atoms with Gasteiger partial charge in [-0.25, -0.2) is 4.79 Å². The molecule has 1 N–H and O–H groups in total. The second-order valence-corrected chi connectivity index (χ2v) is 10.1. The number of H-pyrrole nitrogens is 1. The lowest BCUT2D eigenvalue weighted by atomic mass is 10.1. The van der Waals surface area contributed by atoms with E-state index >= 15 is 0 Å². The summed E-state index contributed by atoms with van der Waals surface area (Å²) in [6.45, 7) is 3.70. The minimum Gasteiger partial charge on any atom is -0.331 e. The molecule has 4 aromatic carbocycles. The van der Waals surface area contributed by atoms with Crippen molar-refractivity contribution < 1.29 is 0 Å². The molecule has 0 amide bonds. The fourth-order valence-electron chi connectivity index (χ4n) is 5.81. The first-order chi connectivity index (χ1) is 18.1. The molecule has 2 aliphatic rings. The molecule has 7 rings (SSSR count). The molecule has 0 atom stereocenters. The van der Waals surface area contributed by atoms with Gasteiger partial charge in [0.2, 0.25) is 0 Å². The van der Waals surface area contributed by atoms with Gasteiger partial charge in [-0.1, -0.05) is 72.8 Å². The van der Waals surface area contributed by atoms with Crippen molar-refractivity contribution in [3.05, 3.63) is 122 Å². The van der Waals surface area contributed by atoms with Crippen LogP contribution in [0.2, 0.25) is 0 Å². The molecule has 3 heterocycles. The van der Waals surface area contributed by atoms with Gasteiger partial charge >= 0.3 is 5.69 Å². The van der Waals surface area contributed by atoms with Crippen molar-refractivity contribution in [1.29, 1.82) is 0 Å². The highest BCUT2D eigenvalue weighted by atomic mass is 16.2. The lowest BCUT2D eigenvalue weighted by molar-refractivity contribution is 0.145. The number of hydrogen-bond acceptors (Lipinski definition) is 5. The lowest BCUT2D eigenvalue weighted by Crippen LogP contribution is -2.56. The maximum absolute atomic E-state index is 12.9. The van der Waals surface area contributed by atoms with Crippen LogP contribution in [0, 0.1) is 0 Å². The number of fused-ring (bicyclic) bond motifs is 2. The van der Waals surface area contributed by atoms with E-state index in [0.717, 1.165) is 12.4 Å². The quantitative estimate of drug-likeness (QED) is 0.413. The first-order valence-electron chi connectivity index (χ1n) is 12.6. The Kier molecular flexibility index (Phi) is 5.20. The number of hydrogen-bond donors (Lipinski definition) is 1. The highest BCUT2D eigenvalue weighted by molar-refractivity contribution is 5.83. The topological polar surface area (TPSA) is 64.6 Å². The number of benzene rings is 4. The molecule has 0 radical (unpaired) electrons. The van der Waals surface area contributed by atoms with Crippen LogP contribution in [0.1, 0.15) is 16.7 Å². The standard InChI is InChI=1S/C30H27N5O2/c36-28-27-17-32(15-21-9-11-23-5-1-3-7-25(23)13-21)18-34-19-33(20-35(29(27)34)30(37)31-28)16-22-10-12-24-6-2-4-8-26(24)14-22/h1-14H,15-20H2,(H,31,36,37). The van der Waals surface area contributed by atoms with Gasteiger partial charge in [-0.2, -0.15) is 0 Å². The summed E-state index contributed by atoms with van der Waals surface area (Å²) in [7, 11) is 0. The Morgan fingerprint density at radius 3 is 1.86 bits per heavy atom. The van der Waals surface area contributed by atoms with Crippen molar-refractivity contribution in [1.82, 2.24) is 19.4 Å². The van der Waals surface area contributed by atoms with E-state index in [4.69, 9.17) is 0 Å². The Morgan fingerprint density at radius 2 is 1.22 bits per heavy atom. The van der Waals surface area contributed by atoms with Crippen molar-refractivity contribution in [2.24, 2.45) is 0 Å². The molecule has 0 bridgehead atoms. The summed E-state index contributed by atoms with van der Waals surface area (Å²) < 4.78 is 1.72. The molecular weight excluding hydrogens is 462 g/mol. The molecule has 1 aromatic heterocycles. The predicted octanol–water partition coefficient (Wildman–Crippen LogP) is 4.05. The van der Waals surface area contributed by atoms with E-state index in [1.807, 2.05) is 6.07 Å². The van der Waals surface area contributed by atoms with Crippen LogP contribution in [0.5, 0.6) is 0 Å². The molecular formula is C30H27N5O2. The number of nitrogens with zero attached hydrogens (tertiary/aromatic N) is 4. The van der Waals surface area contributed by atoms with E-state index in [9.17, 15) is 9.59 Å². The van der Waals surface area contributed by atoms with E-state index in [-0.39, 0.29) is 11.2 Å². The van der Waals surface area contributed by atoms with Gasteiger partial charge in [0.15, 0.2) is 0 Å². The summed E-state index contributed by atoms with van der Waals surface area (Å²) in [5.74, 6) is 0.762. The molecule has 7 nitrogen and oxygen atoms in total. The van der Waals surface area contributed by atoms with Crippen LogP contribution in [0.25, 0.3) is 21.5 Å². The van der Waals surface area contributed by atoms with E-state index in [2.05, 4.69) is 98.5 Å². The van der Waals surface area contributed by atoms with Gasteiger partial charge in [-0.15, -0.1) is 0 Å². The van der Waals surface area contributed by atoms with Gasteiger partial charge in [0.25, 0.3) is 5.56 Å². The maximum atomic E-state index is 12.9. The van der Waals surface area contributed by atoms with Crippen molar-refractivity contribution in [3.63, 3.8) is 0 Å². The van der Waals surface area contributed by atoms with Gasteiger partial charge in [-0.3, -0.25) is 24.1 Å². The first-order valence-corrected chi connectivity index (χ1v) is 12.6. The summed E-state index contributed by atoms with van der Waals surface area (Å²) in [6, 6.07) is 29.7. The zero-order valence-corrected chi connectivity index (χ0v) is 20.4. The molecule has 2 aliphatic heterocycles. The zero-order valence-electron chi connectivity index (χ0n) is 20.4. The number of aromatic nitrogens is 2. The van der Waals surface area contributed by atoms with Gasteiger partial charge in [0.1, 0.15) is 5.82 Å². The smallest absolute Gasteiger partial charge is 0.331 e. The molecule has 0 saturated carbocycles. The second-order valence-electron chi connectivity index (χ2n) is 10.1. The van der Waals surface area contributed by atoms with Gasteiger partial charge in [-0.05, 0) is 44.8 Å². The first kappa shape index (κ1) is 22.0. The van der Waals surface area contributed by atoms with Gasteiger partial charge < -0.3 is 4.90 Å². The fourth-order valence-corrected chi connectivity index (χ4v) is 5.81. The van der Waals surface area contributed by atoms with E-state index < -0.39 is 0 Å². The molecule has 0 spiro atoms. The van der Waals surface area contributed by atoms with Gasteiger partial charge in [0.05, 0.1) is 25.6 Å². The number of aromatic amines is 1. The molecule has 0 unspecified atom stereocenters. The second kappa shape index (κ2) is 8.73. The third-order valence-corrected chi connectivity index (χ3v) is 7.47. The van der Waals surface area contributed by atoms with Crippen LogP contribution in [0.3, 0.4) is 0 Å². The molecule has 0 aliphatic carbocycles. The predicted molar refractivity (Wildman–Crippen MR) is 146 cm³/mol. The summed E-state index contributed by atoms with van der Waals surface area (Å²) in [5.41, 5.74) is 2.44. The minimum absolute atomic E-state index is 0.285. The van der Waals surface area contributed by atoms with Crippen LogP contribution in [0.4, 0.5) is 5.82 Å². The Balaban J connectivity index is 1.19. The van der Waals surface area contributed by atoms with E-state index in [1.54, 1.807) is 4.57 Å². The molecule has 37 heavy (non-hydrogen) atoms. The lowest BCUT2D eigenvalue weighted by Gasteiger charge is -2.45. The van der Waals surface area contributed by atoms with Crippen molar-refractivity contribution >= 4 is 27.4 Å². The zero-order chi connectivity index (χ0) is 24.9. The number of nitrogens with one attached hydrogen (secondary N) is 1. The van der Waals surface area contributed by atoms with Crippen LogP contribution in [-0.4, -0.2) is 32.7 Å². The maximum Gasteiger partial charge on any atom is 0.331 e. The normalized spacial score (nSPS) is 15.8. The fraction of sp³-hybridized carbons (Fsp3) is 0.200. The monoisotopic (exact) mass is 489 g/mol. The van der Waals surface area contributed by atoms with Crippen molar-refractivity contribution in [2.45, 2.75) is 26.3 Å². The third-order valence-electron chi connectivity index (χ3n) is 7.47. The molecule has 7 heteroatoms.